The van der Waals surface area contributed by atoms with E-state index in [1.54, 1.807) is 34.6 Å². The van der Waals surface area contributed by atoms with Gasteiger partial charge in [-0.2, -0.15) is 0 Å². The highest BCUT2D eigenvalue weighted by Crippen LogP contribution is 2.22. The van der Waals surface area contributed by atoms with Crippen molar-refractivity contribution >= 4 is 35.9 Å². The molecule has 5 N–H and O–H groups in total. The minimum Gasteiger partial charge on any atom is -0.465 e. The highest BCUT2D eigenvalue weighted by molar-refractivity contribution is 5.92. The van der Waals surface area contributed by atoms with E-state index >= 15 is 0 Å². The average Bonchev–Trinajstić information content (AvgIpc) is 3.16. The molecule has 0 aliphatic heterocycles. The number of amides is 5. The Morgan fingerprint density at radius 1 is 0.627 bits per heavy atom. The minimum absolute atomic E-state index is 0.139. The molecular weight excluding hydrogens is 755 g/mol. The first-order chi connectivity index (χ1) is 27.8. The van der Waals surface area contributed by atoms with Crippen molar-refractivity contribution in [2.45, 2.75) is 183 Å². The van der Waals surface area contributed by atoms with Gasteiger partial charge in [-0.05, 0) is 70.8 Å². The lowest BCUT2D eigenvalue weighted by molar-refractivity contribution is -0.144. The third-order valence-electron chi connectivity index (χ3n) is 9.53. The summed E-state index contributed by atoms with van der Waals surface area (Å²) in [6.07, 6.45) is 10.6. The maximum absolute atomic E-state index is 14.1. The van der Waals surface area contributed by atoms with Crippen LogP contribution in [0.25, 0.3) is 0 Å². The van der Waals surface area contributed by atoms with E-state index in [4.69, 9.17) is 14.2 Å². The third-order valence-corrected chi connectivity index (χ3v) is 9.53. The third kappa shape index (κ3) is 26.4. The number of nitrogens with one attached hydrogen (secondary N) is 5. The van der Waals surface area contributed by atoms with Crippen LogP contribution >= 0.6 is 0 Å². The molecule has 1 rings (SSSR count). The fourth-order valence-corrected chi connectivity index (χ4v) is 6.37. The lowest BCUT2D eigenvalue weighted by Crippen LogP contribution is -2.57. The maximum atomic E-state index is 14.1. The number of benzene rings is 1. The smallest absolute Gasteiger partial charge is 0.408 e. The Balaban J connectivity index is 3.08. The Hall–Kier alpha value is -4.36. The van der Waals surface area contributed by atoms with Gasteiger partial charge in [0.05, 0.1) is 12.5 Å². The van der Waals surface area contributed by atoms with Crippen LogP contribution in [0.4, 0.5) is 9.59 Å². The summed E-state index contributed by atoms with van der Waals surface area (Å²) in [7, 11) is 0. The second kappa shape index (κ2) is 29.0. The van der Waals surface area contributed by atoms with Gasteiger partial charge in [-0.1, -0.05) is 123 Å². The van der Waals surface area contributed by atoms with Gasteiger partial charge in [-0.15, -0.1) is 0 Å². The normalized spacial score (nSPS) is 13.5. The fourth-order valence-electron chi connectivity index (χ4n) is 6.37. The van der Waals surface area contributed by atoms with Gasteiger partial charge in [0, 0.05) is 12.6 Å². The zero-order chi connectivity index (χ0) is 44.3. The highest BCUT2D eigenvalue weighted by Gasteiger charge is 2.33. The molecule has 14 heteroatoms. The number of rotatable bonds is 28. The van der Waals surface area contributed by atoms with Gasteiger partial charge in [0.25, 0.3) is 0 Å². The number of alkyl carbamates (subject to hydrolysis) is 2. The lowest BCUT2D eigenvalue weighted by Gasteiger charge is -2.31. The molecule has 0 spiro atoms. The molecule has 14 nitrogen and oxygen atoms in total. The maximum Gasteiger partial charge on any atom is 0.408 e. The van der Waals surface area contributed by atoms with Crippen LogP contribution in [0.1, 0.15) is 158 Å². The molecule has 0 aliphatic rings. The van der Waals surface area contributed by atoms with Crippen molar-refractivity contribution in [3.63, 3.8) is 0 Å². The van der Waals surface area contributed by atoms with E-state index in [9.17, 15) is 28.8 Å². The molecule has 1 aromatic carbocycles. The quantitative estimate of drug-likeness (QED) is 0.0321. The molecule has 0 aromatic heterocycles. The van der Waals surface area contributed by atoms with E-state index in [2.05, 4.69) is 33.5 Å². The van der Waals surface area contributed by atoms with E-state index in [-0.39, 0.29) is 44.6 Å². The molecule has 0 aliphatic carbocycles. The Labute approximate surface area is 354 Å². The number of carbonyl (C=O) groups excluding carboxylic acids is 6. The van der Waals surface area contributed by atoms with Gasteiger partial charge in [0.1, 0.15) is 30.8 Å². The molecule has 0 fully saturated rings. The fraction of sp³-hybridized carbons (Fsp3) is 0.733. The highest BCUT2D eigenvalue weighted by atomic mass is 16.6. The minimum atomic E-state index is -1.05. The summed E-state index contributed by atoms with van der Waals surface area (Å²) < 4.78 is 15.7. The van der Waals surface area contributed by atoms with Crippen molar-refractivity contribution < 1.29 is 43.0 Å². The molecule has 0 radical (unpaired) electrons. The summed E-state index contributed by atoms with van der Waals surface area (Å²) in [4.78, 5) is 78.5. The van der Waals surface area contributed by atoms with Gasteiger partial charge >= 0.3 is 18.2 Å². The molecule has 5 amide bonds. The number of carbonyl (C=O) groups is 6. The van der Waals surface area contributed by atoms with Crippen molar-refractivity contribution in [1.82, 2.24) is 26.6 Å². The van der Waals surface area contributed by atoms with Crippen LogP contribution < -0.4 is 26.6 Å². The number of hydrogen-bond donors (Lipinski definition) is 5. The van der Waals surface area contributed by atoms with Gasteiger partial charge in [0.2, 0.25) is 17.7 Å². The molecule has 59 heavy (non-hydrogen) atoms. The predicted molar refractivity (Wildman–Crippen MR) is 230 cm³/mol. The summed E-state index contributed by atoms with van der Waals surface area (Å²) in [5, 5.41) is 14.0. The van der Waals surface area contributed by atoms with Crippen molar-refractivity contribution in [2.75, 3.05) is 19.7 Å². The molecular formula is C45H77N5O9. The number of esters is 1. The standard InChI is InChI=1S/C45H77N5O9/c1-10-12-13-14-15-16-17-18-22-27-35(33(3)39(52)47-31-38(51)57-11-2)48-41(54)37(30-44(4,5)6)49-40(53)36(50-43(56)59-45(7,8)9)28-23-24-29-46-42(55)58-32-34-25-20-19-21-26-34/h19-21,25-26,33,35-37H,10-18,22-24,27-32H2,1-9H3,(H,46,55)(H,47,52)(H,48,54)(H,49,53)(H,50,56)/t33-,35-,36+,37+/m1/s1. The van der Waals surface area contributed by atoms with Crippen LogP contribution in [-0.4, -0.2) is 79.3 Å². The van der Waals surface area contributed by atoms with Crippen LogP contribution in [0.5, 0.6) is 0 Å². The number of ether oxygens (including phenoxy) is 3. The molecule has 336 valence electrons. The van der Waals surface area contributed by atoms with E-state index in [0.29, 0.717) is 19.3 Å². The Morgan fingerprint density at radius 3 is 1.81 bits per heavy atom. The van der Waals surface area contributed by atoms with E-state index in [1.165, 1.54) is 32.1 Å². The van der Waals surface area contributed by atoms with Crippen LogP contribution in [0.2, 0.25) is 0 Å². The number of hydrogen-bond acceptors (Lipinski definition) is 9. The molecule has 1 aromatic rings. The zero-order valence-corrected chi connectivity index (χ0v) is 37.6. The molecule has 0 saturated carbocycles. The Bertz CT molecular complexity index is 1390. The van der Waals surface area contributed by atoms with E-state index in [0.717, 1.165) is 31.2 Å². The van der Waals surface area contributed by atoms with Crippen molar-refractivity contribution in [3.05, 3.63) is 35.9 Å². The largest absolute Gasteiger partial charge is 0.465 e. The first-order valence-electron chi connectivity index (χ1n) is 21.8. The SMILES string of the molecule is CCCCCCCCCCC[C@@H](NC(=O)[C@H](CC(C)(C)C)NC(=O)[C@H](CCCCNC(=O)OCc1ccccc1)NC(=O)OC(C)(C)C)[C@@H](C)C(=O)NCC(=O)OCC. The first kappa shape index (κ1) is 52.7. The summed E-state index contributed by atoms with van der Waals surface area (Å²) in [6.45, 7) is 17.0. The summed E-state index contributed by atoms with van der Waals surface area (Å²) >= 11 is 0. The number of unbranched alkanes of at least 4 members (excludes halogenated alkanes) is 9. The summed E-state index contributed by atoms with van der Waals surface area (Å²) in [6, 6.07) is 6.71. The first-order valence-corrected chi connectivity index (χ1v) is 21.8. The summed E-state index contributed by atoms with van der Waals surface area (Å²) in [5.74, 6) is -2.64. The topological polar surface area (TPSA) is 190 Å². The predicted octanol–water partition coefficient (Wildman–Crippen LogP) is 7.62. The lowest BCUT2D eigenvalue weighted by atomic mass is 9.87. The average molecular weight is 832 g/mol. The van der Waals surface area contributed by atoms with Crippen LogP contribution in [0.3, 0.4) is 0 Å². The van der Waals surface area contributed by atoms with Gasteiger partial charge in [0.15, 0.2) is 0 Å². The second-order valence-corrected chi connectivity index (χ2v) is 17.6. The summed E-state index contributed by atoms with van der Waals surface area (Å²) in [5.41, 5.74) is -0.338. The Morgan fingerprint density at radius 2 is 1.22 bits per heavy atom. The van der Waals surface area contributed by atoms with Gasteiger partial charge in [-0.25, -0.2) is 9.59 Å². The molecule has 0 bridgehead atoms. The van der Waals surface area contributed by atoms with Crippen LogP contribution in [-0.2, 0) is 40.0 Å². The van der Waals surface area contributed by atoms with E-state index < -0.39 is 65.5 Å². The molecule has 0 saturated heterocycles. The zero-order valence-electron chi connectivity index (χ0n) is 37.6. The molecule has 0 heterocycles. The van der Waals surface area contributed by atoms with Crippen molar-refractivity contribution in [1.29, 1.82) is 0 Å². The van der Waals surface area contributed by atoms with Crippen molar-refractivity contribution in [2.24, 2.45) is 11.3 Å². The molecule has 4 atom stereocenters. The van der Waals surface area contributed by atoms with Crippen LogP contribution in [0, 0.1) is 11.3 Å². The van der Waals surface area contributed by atoms with Crippen molar-refractivity contribution in [3.8, 4) is 0 Å². The van der Waals surface area contributed by atoms with Gasteiger partial charge in [-0.3, -0.25) is 19.2 Å². The Kier molecular flexibility index (Phi) is 25.8. The van der Waals surface area contributed by atoms with E-state index in [1.807, 2.05) is 51.1 Å². The second-order valence-electron chi connectivity index (χ2n) is 17.6. The van der Waals surface area contributed by atoms with Gasteiger partial charge < -0.3 is 40.8 Å². The van der Waals surface area contributed by atoms with Crippen LogP contribution in [0.15, 0.2) is 30.3 Å². The molecule has 0 unspecified atom stereocenters. The monoisotopic (exact) mass is 832 g/mol.